The highest BCUT2D eigenvalue weighted by atomic mass is 32.1. The van der Waals surface area contributed by atoms with Gasteiger partial charge in [0, 0.05) is 16.5 Å². The van der Waals surface area contributed by atoms with Gasteiger partial charge in [-0.3, -0.25) is 9.78 Å². The van der Waals surface area contributed by atoms with Gasteiger partial charge in [-0.1, -0.05) is 49.6 Å². The van der Waals surface area contributed by atoms with E-state index >= 15 is 0 Å². The molecule has 0 atom stereocenters. The molecular formula is C19H21N3OS. The fourth-order valence-corrected chi connectivity index (χ4v) is 4.63. The van der Waals surface area contributed by atoms with E-state index in [9.17, 15) is 4.79 Å². The highest BCUT2D eigenvalue weighted by Gasteiger charge is 2.18. The Morgan fingerprint density at radius 2 is 1.92 bits per heavy atom. The number of aryl methyl sites for hydroxylation is 1. The van der Waals surface area contributed by atoms with Crippen LogP contribution in [0.15, 0.2) is 35.1 Å². The third kappa shape index (κ3) is 2.84. The summed E-state index contributed by atoms with van der Waals surface area (Å²) >= 11 is 1.59. The lowest BCUT2D eigenvalue weighted by molar-refractivity contribution is 0.461. The largest absolute Gasteiger partial charge is 0.353 e. The molecule has 4 rings (SSSR count). The van der Waals surface area contributed by atoms with Crippen molar-refractivity contribution in [1.29, 1.82) is 0 Å². The molecule has 0 amide bonds. The molecule has 0 radical (unpaired) electrons. The summed E-state index contributed by atoms with van der Waals surface area (Å²) in [4.78, 5) is 22.3. The second-order valence-corrected chi connectivity index (χ2v) is 7.68. The molecular weight excluding hydrogens is 318 g/mol. The first-order chi connectivity index (χ1) is 11.7. The monoisotopic (exact) mass is 339 g/mol. The van der Waals surface area contributed by atoms with Crippen LogP contribution in [-0.2, 0) is 0 Å². The predicted molar refractivity (Wildman–Crippen MR) is 101 cm³/mol. The zero-order chi connectivity index (χ0) is 16.5. The molecule has 0 spiro atoms. The van der Waals surface area contributed by atoms with Crippen molar-refractivity contribution < 1.29 is 0 Å². The van der Waals surface area contributed by atoms with E-state index in [1.807, 2.05) is 30.3 Å². The van der Waals surface area contributed by atoms with Crippen molar-refractivity contribution in [2.24, 2.45) is 0 Å². The summed E-state index contributed by atoms with van der Waals surface area (Å²) in [6.07, 6.45) is 6.12. The third-order valence-corrected chi connectivity index (χ3v) is 5.75. The highest BCUT2D eigenvalue weighted by Crippen LogP contribution is 2.35. The number of benzene rings is 1. The number of anilines is 1. The van der Waals surface area contributed by atoms with Crippen molar-refractivity contribution in [3.05, 3.63) is 45.6 Å². The second kappa shape index (κ2) is 6.40. The Hall–Kier alpha value is -2.14. The van der Waals surface area contributed by atoms with Gasteiger partial charge in [0.25, 0.3) is 5.56 Å². The Morgan fingerprint density at radius 1 is 1.17 bits per heavy atom. The van der Waals surface area contributed by atoms with E-state index in [1.165, 1.54) is 19.3 Å². The zero-order valence-electron chi connectivity index (χ0n) is 13.8. The fraction of sp³-hybridized carbons (Fsp3) is 0.368. The van der Waals surface area contributed by atoms with Crippen LogP contribution in [0.2, 0.25) is 0 Å². The Labute approximate surface area is 145 Å². The predicted octanol–water partition coefficient (Wildman–Crippen LogP) is 4.70. The highest BCUT2D eigenvalue weighted by molar-refractivity contribution is 7.19. The van der Waals surface area contributed by atoms with Crippen LogP contribution < -0.4 is 10.9 Å². The molecule has 24 heavy (non-hydrogen) atoms. The number of thiophene rings is 1. The molecule has 2 aromatic heterocycles. The first kappa shape index (κ1) is 15.4. The van der Waals surface area contributed by atoms with Gasteiger partial charge in [0.15, 0.2) is 0 Å². The summed E-state index contributed by atoms with van der Waals surface area (Å²) in [5.74, 6) is 0.611. The molecule has 0 saturated heterocycles. The van der Waals surface area contributed by atoms with Gasteiger partial charge in [-0.15, -0.1) is 11.3 Å². The normalized spacial score (nSPS) is 15.7. The van der Waals surface area contributed by atoms with Crippen LogP contribution in [0.3, 0.4) is 0 Å². The number of rotatable bonds is 3. The fourth-order valence-electron chi connectivity index (χ4n) is 3.58. The van der Waals surface area contributed by atoms with Crippen LogP contribution in [0.4, 0.5) is 5.95 Å². The molecule has 1 aromatic carbocycles. The molecule has 0 unspecified atom stereocenters. The average Bonchev–Trinajstić information content (AvgIpc) is 2.93. The van der Waals surface area contributed by atoms with Crippen molar-refractivity contribution in [1.82, 2.24) is 9.97 Å². The summed E-state index contributed by atoms with van der Waals surface area (Å²) < 4.78 is 0. The lowest BCUT2D eigenvalue weighted by atomic mass is 9.96. The molecule has 124 valence electrons. The van der Waals surface area contributed by atoms with Gasteiger partial charge in [-0.2, -0.15) is 0 Å². The lowest BCUT2D eigenvalue weighted by Gasteiger charge is -2.22. The summed E-state index contributed by atoms with van der Waals surface area (Å²) in [5.41, 5.74) is 2.02. The molecule has 1 aliphatic carbocycles. The van der Waals surface area contributed by atoms with Crippen molar-refractivity contribution in [2.45, 2.75) is 45.1 Å². The summed E-state index contributed by atoms with van der Waals surface area (Å²) in [5, 5.41) is 4.13. The Balaban J connectivity index is 1.76. The van der Waals surface area contributed by atoms with E-state index in [0.29, 0.717) is 17.4 Å². The van der Waals surface area contributed by atoms with Crippen molar-refractivity contribution in [3.8, 4) is 11.1 Å². The molecule has 0 aliphatic heterocycles. The summed E-state index contributed by atoms with van der Waals surface area (Å²) in [6, 6.07) is 10.5. The molecule has 1 aliphatic rings. The van der Waals surface area contributed by atoms with E-state index < -0.39 is 0 Å². The number of nitrogens with one attached hydrogen (secondary N) is 2. The third-order valence-electron chi connectivity index (χ3n) is 4.75. The van der Waals surface area contributed by atoms with Gasteiger partial charge in [0.1, 0.15) is 4.83 Å². The number of hydrogen-bond acceptors (Lipinski definition) is 4. The minimum absolute atomic E-state index is 0.0542. The summed E-state index contributed by atoms with van der Waals surface area (Å²) in [6.45, 7) is 2.06. The van der Waals surface area contributed by atoms with Crippen molar-refractivity contribution in [2.75, 3.05) is 5.32 Å². The average molecular weight is 339 g/mol. The van der Waals surface area contributed by atoms with Crippen LogP contribution in [0, 0.1) is 6.92 Å². The van der Waals surface area contributed by atoms with Crippen LogP contribution in [0.25, 0.3) is 21.3 Å². The smallest absolute Gasteiger partial charge is 0.261 e. The maximum absolute atomic E-state index is 12.7. The quantitative estimate of drug-likeness (QED) is 0.727. The van der Waals surface area contributed by atoms with Gasteiger partial charge in [-0.25, -0.2) is 4.98 Å². The van der Waals surface area contributed by atoms with Gasteiger partial charge < -0.3 is 5.32 Å². The molecule has 2 N–H and O–H groups in total. The number of fused-ring (bicyclic) bond motifs is 1. The second-order valence-electron chi connectivity index (χ2n) is 6.47. The Bertz CT molecular complexity index is 908. The summed E-state index contributed by atoms with van der Waals surface area (Å²) in [7, 11) is 0. The number of aromatic amines is 1. The lowest BCUT2D eigenvalue weighted by Crippen LogP contribution is -2.25. The van der Waals surface area contributed by atoms with E-state index in [1.54, 1.807) is 11.3 Å². The molecule has 2 heterocycles. The van der Waals surface area contributed by atoms with Gasteiger partial charge >= 0.3 is 0 Å². The van der Waals surface area contributed by atoms with E-state index in [4.69, 9.17) is 0 Å². The van der Waals surface area contributed by atoms with E-state index in [-0.39, 0.29) is 5.56 Å². The molecule has 0 bridgehead atoms. The first-order valence-corrected chi connectivity index (χ1v) is 9.39. The van der Waals surface area contributed by atoms with Crippen LogP contribution >= 0.6 is 11.3 Å². The van der Waals surface area contributed by atoms with Crippen LogP contribution in [-0.4, -0.2) is 16.0 Å². The molecule has 5 heteroatoms. The first-order valence-electron chi connectivity index (χ1n) is 8.58. The Morgan fingerprint density at radius 3 is 2.67 bits per heavy atom. The van der Waals surface area contributed by atoms with Crippen molar-refractivity contribution in [3.63, 3.8) is 0 Å². The van der Waals surface area contributed by atoms with Gasteiger partial charge in [-0.05, 0) is 25.3 Å². The SMILES string of the molecule is Cc1sc2nc(NC3CCCCC3)[nH]c(=O)c2c1-c1ccccc1. The van der Waals surface area contributed by atoms with E-state index in [2.05, 4.69) is 22.2 Å². The van der Waals surface area contributed by atoms with Gasteiger partial charge in [0.2, 0.25) is 5.95 Å². The zero-order valence-corrected chi connectivity index (χ0v) is 14.6. The minimum Gasteiger partial charge on any atom is -0.353 e. The maximum Gasteiger partial charge on any atom is 0.261 e. The maximum atomic E-state index is 12.7. The number of hydrogen-bond donors (Lipinski definition) is 2. The number of aromatic nitrogens is 2. The molecule has 1 fully saturated rings. The van der Waals surface area contributed by atoms with Crippen LogP contribution in [0.1, 0.15) is 37.0 Å². The van der Waals surface area contributed by atoms with Gasteiger partial charge in [0.05, 0.1) is 5.39 Å². The van der Waals surface area contributed by atoms with Crippen LogP contribution in [0.5, 0.6) is 0 Å². The number of H-pyrrole nitrogens is 1. The topological polar surface area (TPSA) is 57.8 Å². The molecule has 3 aromatic rings. The molecule has 1 saturated carbocycles. The minimum atomic E-state index is -0.0542. The Kier molecular flexibility index (Phi) is 4.10. The van der Waals surface area contributed by atoms with E-state index in [0.717, 1.165) is 33.7 Å². The number of nitrogens with zero attached hydrogens (tertiary/aromatic N) is 1. The van der Waals surface area contributed by atoms with Crippen molar-refractivity contribution >= 4 is 27.5 Å². The standard InChI is InChI=1S/C19H21N3OS/c1-12-15(13-8-4-2-5-9-13)16-17(23)21-19(22-18(16)24-12)20-14-10-6-3-7-11-14/h2,4-5,8-9,14H,3,6-7,10-11H2,1H3,(H2,20,21,22,23). The molecule has 4 nitrogen and oxygen atoms in total.